The number of hydrogen-bond donors (Lipinski definition) is 0. The van der Waals surface area contributed by atoms with Crippen molar-refractivity contribution < 1.29 is 4.79 Å². The van der Waals surface area contributed by atoms with E-state index in [1.54, 1.807) is 17.8 Å². The van der Waals surface area contributed by atoms with Gasteiger partial charge in [0.15, 0.2) is 0 Å². The minimum atomic E-state index is 0.0235. The van der Waals surface area contributed by atoms with Crippen molar-refractivity contribution in [3.05, 3.63) is 47.3 Å². The third-order valence-electron chi connectivity index (χ3n) is 3.95. The fourth-order valence-corrected chi connectivity index (χ4v) is 3.67. The molecule has 0 radical (unpaired) electrons. The molecule has 22 heavy (non-hydrogen) atoms. The maximum atomic E-state index is 12.6. The van der Waals surface area contributed by atoms with E-state index < -0.39 is 0 Å². The number of anilines is 1. The second kappa shape index (κ2) is 6.01. The first-order valence-electron chi connectivity index (χ1n) is 7.29. The van der Waals surface area contributed by atoms with Crippen LogP contribution in [0.2, 0.25) is 0 Å². The minimum absolute atomic E-state index is 0.0235. The number of carbonyl (C=O) groups excluding carboxylic acids is 1. The molecule has 4 nitrogen and oxygen atoms in total. The molecule has 0 spiro atoms. The van der Waals surface area contributed by atoms with E-state index in [4.69, 9.17) is 0 Å². The lowest BCUT2D eigenvalue weighted by Crippen LogP contribution is -2.34. The molecule has 2 heterocycles. The smallest absolute Gasteiger partial charge is 0.251 e. The van der Waals surface area contributed by atoms with Crippen molar-refractivity contribution in [2.45, 2.75) is 18.7 Å². The number of thioether (sulfide) groups is 1. The fraction of sp³-hybridized carbons (Fsp3) is 0.294. The van der Waals surface area contributed by atoms with Crippen molar-refractivity contribution in [3.63, 3.8) is 0 Å². The van der Waals surface area contributed by atoms with E-state index in [2.05, 4.69) is 11.2 Å². The van der Waals surface area contributed by atoms with Gasteiger partial charge in [-0.05, 0) is 32.1 Å². The number of benzene rings is 1. The SMILES string of the molecule is Cc1nn(C)c(C)c1/C=C/C(=O)N1CCSc2ccccc21. The second-order valence-corrected chi connectivity index (χ2v) is 6.48. The van der Waals surface area contributed by atoms with Crippen LogP contribution in [-0.4, -0.2) is 28.0 Å². The summed E-state index contributed by atoms with van der Waals surface area (Å²) in [5.41, 5.74) is 4.04. The molecule has 0 fully saturated rings. The van der Waals surface area contributed by atoms with Crippen LogP contribution in [0.4, 0.5) is 5.69 Å². The van der Waals surface area contributed by atoms with E-state index in [1.165, 1.54) is 4.90 Å². The van der Waals surface area contributed by atoms with Crippen LogP contribution in [0.3, 0.4) is 0 Å². The maximum Gasteiger partial charge on any atom is 0.251 e. The second-order valence-electron chi connectivity index (χ2n) is 5.35. The van der Waals surface area contributed by atoms with E-state index in [-0.39, 0.29) is 5.91 Å². The van der Waals surface area contributed by atoms with Crippen molar-refractivity contribution in [1.82, 2.24) is 9.78 Å². The summed E-state index contributed by atoms with van der Waals surface area (Å²) in [7, 11) is 1.92. The molecule has 0 atom stereocenters. The van der Waals surface area contributed by atoms with Gasteiger partial charge in [-0.1, -0.05) is 12.1 Å². The normalized spacial score (nSPS) is 14.4. The van der Waals surface area contributed by atoms with Crippen molar-refractivity contribution in [2.75, 3.05) is 17.2 Å². The summed E-state index contributed by atoms with van der Waals surface area (Å²) in [6.45, 7) is 4.72. The topological polar surface area (TPSA) is 38.1 Å². The number of nitrogens with zero attached hydrogens (tertiary/aromatic N) is 3. The van der Waals surface area contributed by atoms with E-state index in [9.17, 15) is 4.79 Å². The van der Waals surface area contributed by atoms with Crippen LogP contribution in [0.5, 0.6) is 0 Å². The molecule has 0 bridgehead atoms. The molecule has 1 aromatic heterocycles. The molecule has 0 saturated carbocycles. The van der Waals surface area contributed by atoms with Gasteiger partial charge in [0.1, 0.15) is 0 Å². The zero-order valence-electron chi connectivity index (χ0n) is 13.0. The summed E-state index contributed by atoms with van der Waals surface area (Å²) in [6.07, 6.45) is 3.54. The van der Waals surface area contributed by atoms with Crippen LogP contribution in [0.15, 0.2) is 35.2 Å². The number of carbonyl (C=O) groups is 1. The predicted molar refractivity (Wildman–Crippen MR) is 91.2 cm³/mol. The first-order valence-corrected chi connectivity index (χ1v) is 8.28. The van der Waals surface area contributed by atoms with Crippen molar-refractivity contribution in [1.29, 1.82) is 0 Å². The van der Waals surface area contributed by atoms with E-state index in [1.807, 2.05) is 54.8 Å². The number of aromatic nitrogens is 2. The molecule has 0 N–H and O–H groups in total. The lowest BCUT2D eigenvalue weighted by Gasteiger charge is -2.27. The van der Waals surface area contributed by atoms with Crippen molar-refractivity contribution in [3.8, 4) is 0 Å². The van der Waals surface area contributed by atoms with Gasteiger partial charge < -0.3 is 4.90 Å². The molecule has 1 aliphatic rings. The van der Waals surface area contributed by atoms with Gasteiger partial charge in [-0.25, -0.2) is 0 Å². The largest absolute Gasteiger partial charge is 0.307 e. The Labute approximate surface area is 134 Å². The highest BCUT2D eigenvalue weighted by Crippen LogP contribution is 2.34. The highest BCUT2D eigenvalue weighted by Gasteiger charge is 2.21. The van der Waals surface area contributed by atoms with Crippen LogP contribution in [0.1, 0.15) is 17.0 Å². The summed E-state index contributed by atoms with van der Waals surface area (Å²) in [6, 6.07) is 8.06. The van der Waals surface area contributed by atoms with Crippen LogP contribution in [-0.2, 0) is 11.8 Å². The molecule has 1 aliphatic heterocycles. The van der Waals surface area contributed by atoms with Gasteiger partial charge in [0, 0.05) is 41.6 Å². The monoisotopic (exact) mass is 313 g/mol. The Morgan fingerprint density at radius 1 is 1.32 bits per heavy atom. The number of amides is 1. The van der Waals surface area contributed by atoms with E-state index in [0.29, 0.717) is 0 Å². The molecule has 2 aromatic rings. The standard InChI is InChI=1S/C17H19N3OS/c1-12-14(13(2)19(3)18-12)8-9-17(21)20-10-11-22-16-7-5-4-6-15(16)20/h4-9H,10-11H2,1-3H3/b9-8+. The highest BCUT2D eigenvalue weighted by atomic mass is 32.2. The Balaban J connectivity index is 1.85. The fourth-order valence-electron chi connectivity index (χ4n) is 2.67. The highest BCUT2D eigenvalue weighted by molar-refractivity contribution is 7.99. The molecular weight excluding hydrogens is 294 g/mol. The minimum Gasteiger partial charge on any atom is -0.307 e. The van der Waals surface area contributed by atoms with E-state index >= 15 is 0 Å². The zero-order chi connectivity index (χ0) is 15.7. The molecule has 0 saturated heterocycles. The van der Waals surface area contributed by atoms with Crippen molar-refractivity contribution in [2.24, 2.45) is 7.05 Å². The predicted octanol–water partition coefficient (Wildman–Crippen LogP) is 3.19. The van der Waals surface area contributed by atoms with Gasteiger partial charge in [-0.15, -0.1) is 11.8 Å². The molecule has 0 aliphatic carbocycles. The Kier molecular flexibility index (Phi) is 4.07. The van der Waals surface area contributed by atoms with Gasteiger partial charge in [0.2, 0.25) is 0 Å². The Morgan fingerprint density at radius 2 is 2.09 bits per heavy atom. The Hall–Kier alpha value is -2.01. The number of para-hydroxylation sites is 1. The van der Waals surface area contributed by atoms with Crippen molar-refractivity contribution >= 4 is 29.4 Å². The maximum absolute atomic E-state index is 12.6. The average molecular weight is 313 g/mol. The van der Waals surface area contributed by atoms with Crippen LogP contribution in [0, 0.1) is 13.8 Å². The summed E-state index contributed by atoms with van der Waals surface area (Å²) in [5.74, 6) is 0.956. The van der Waals surface area contributed by atoms with Gasteiger partial charge in [-0.2, -0.15) is 5.10 Å². The molecule has 5 heteroatoms. The average Bonchev–Trinajstić information content (AvgIpc) is 2.77. The first-order chi connectivity index (χ1) is 10.6. The number of rotatable bonds is 2. The molecule has 1 aromatic carbocycles. The molecular formula is C17H19N3OS. The Bertz CT molecular complexity index is 748. The number of hydrogen-bond acceptors (Lipinski definition) is 3. The quantitative estimate of drug-likeness (QED) is 0.799. The molecule has 0 unspecified atom stereocenters. The summed E-state index contributed by atoms with van der Waals surface area (Å²) in [5, 5.41) is 4.37. The van der Waals surface area contributed by atoms with E-state index in [0.717, 1.165) is 34.9 Å². The summed E-state index contributed by atoms with van der Waals surface area (Å²) >= 11 is 1.80. The molecule has 3 rings (SSSR count). The van der Waals surface area contributed by atoms with Crippen LogP contribution < -0.4 is 4.90 Å². The van der Waals surface area contributed by atoms with Gasteiger partial charge in [0.25, 0.3) is 5.91 Å². The summed E-state index contributed by atoms with van der Waals surface area (Å²) < 4.78 is 1.84. The van der Waals surface area contributed by atoms with Gasteiger partial charge in [0.05, 0.1) is 11.4 Å². The van der Waals surface area contributed by atoms with Gasteiger partial charge in [-0.3, -0.25) is 9.48 Å². The van der Waals surface area contributed by atoms with Crippen LogP contribution >= 0.6 is 11.8 Å². The zero-order valence-corrected chi connectivity index (χ0v) is 13.9. The first kappa shape index (κ1) is 14.9. The molecule has 114 valence electrons. The number of fused-ring (bicyclic) bond motifs is 1. The lowest BCUT2D eigenvalue weighted by atomic mass is 10.2. The lowest BCUT2D eigenvalue weighted by molar-refractivity contribution is -0.114. The number of aryl methyl sites for hydroxylation is 2. The van der Waals surface area contributed by atoms with Gasteiger partial charge >= 0.3 is 0 Å². The Morgan fingerprint density at radius 3 is 2.82 bits per heavy atom. The third-order valence-corrected chi connectivity index (χ3v) is 5.00. The third kappa shape index (κ3) is 2.68. The van der Waals surface area contributed by atoms with Crippen LogP contribution in [0.25, 0.3) is 6.08 Å². The summed E-state index contributed by atoms with van der Waals surface area (Å²) in [4.78, 5) is 15.6. The molecule has 1 amide bonds.